The van der Waals surface area contributed by atoms with Crippen molar-refractivity contribution >= 4 is 0 Å². The number of ether oxygens (including phenoxy) is 1. The van der Waals surface area contributed by atoms with E-state index in [0.717, 1.165) is 19.4 Å². The summed E-state index contributed by atoms with van der Waals surface area (Å²) in [5.41, 5.74) is 0. The molecule has 1 aromatic heterocycles. The van der Waals surface area contributed by atoms with Gasteiger partial charge in [-0.05, 0) is 25.3 Å². The van der Waals surface area contributed by atoms with Crippen molar-refractivity contribution in [2.75, 3.05) is 13.7 Å². The zero-order valence-corrected chi connectivity index (χ0v) is 13.6. The van der Waals surface area contributed by atoms with Gasteiger partial charge in [0.1, 0.15) is 6.10 Å². The van der Waals surface area contributed by atoms with Gasteiger partial charge in [0.2, 0.25) is 11.7 Å². The summed E-state index contributed by atoms with van der Waals surface area (Å²) in [7, 11) is 1.68. The van der Waals surface area contributed by atoms with Gasteiger partial charge in [-0.3, -0.25) is 0 Å². The lowest BCUT2D eigenvalue weighted by Crippen LogP contribution is -2.33. The molecule has 0 saturated heterocycles. The molecule has 0 saturated carbocycles. The zero-order valence-electron chi connectivity index (χ0n) is 13.6. The van der Waals surface area contributed by atoms with Gasteiger partial charge in [0, 0.05) is 13.2 Å². The molecule has 0 amide bonds. The Morgan fingerprint density at radius 3 is 2.45 bits per heavy atom. The molecule has 1 heterocycles. The average Bonchev–Trinajstić information content (AvgIpc) is 2.89. The molecular weight excluding hydrogens is 254 g/mol. The molecule has 0 fully saturated rings. The third-order valence-electron chi connectivity index (χ3n) is 3.66. The lowest BCUT2D eigenvalue weighted by atomic mass is 9.99. The molecule has 1 aromatic rings. The van der Waals surface area contributed by atoms with E-state index < -0.39 is 0 Å². The summed E-state index contributed by atoms with van der Waals surface area (Å²) in [5.74, 6) is 1.87. The van der Waals surface area contributed by atoms with Crippen molar-refractivity contribution in [3.8, 4) is 0 Å². The fourth-order valence-electron chi connectivity index (χ4n) is 2.40. The minimum atomic E-state index is -0.108. The van der Waals surface area contributed by atoms with E-state index in [1.807, 2.05) is 0 Å². The van der Waals surface area contributed by atoms with Crippen LogP contribution in [0, 0.1) is 5.92 Å². The van der Waals surface area contributed by atoms with Crippen LogP contribution in [0.3, 0.4) is 0 Å². The molecule has 0 spiro atoms. The molecule has 5 nitrogen and oxygen atoms in total. The zero-order chi connectivity index (χ0) is 15.1. The van der Waals surface area contributed by atoms with Crippen LogP contribution in [0.25, 0.3) is 0 Å². The first-order chi connectivity index (χ1) is 9.54. The van der Waals surface area contributed by atoms with E-state index in [-0.39, 0.29) is 12.0 Å². The van der Waals surface area contributed by atoms with Crippen LogP contribution in [-0.2, 0) is 4.74 Å². The summed E-state index contributed by atoms with van der Waals surface area (Å²) in [6.07, 6.45) is 2.05. The van der Waals surface area contributed by atoms with E-state index in [0.29, 0.717) is 23.7 Å². The largest absolute Gasteiger partial charge is 0.373 e. The first-order valence-corrected chi connectivity index (χ1v) is 7.64. The predicted octanol–water partition coefficient (Wildman–Crippen LogP) is 3.29. The van der Waals surface area contributed by atoms with Crippen LogP contribution in [0.15, 0.2) is 4.52 Å². The second kappa shape index (κ2) is 8.37. The molecule has 0 aliphatic heterocycles. The quantitative estimate of drug-likeness (QED) is 0.753. The third kappa shape index (κ3) is 4.28. The molecule has 0 aromatic carbocycles. The van der Waals surface area contributed by atoms with E-state index in [9.17, 15) is 0 Å². The summed E-state index contributed by atoms with van der Waals surface area (Å²) in [6.45, 7) is 11.7. The minimum Gasteiger partial charge on any atom is -0.373 e. The Balaban J connectivity index is 2.78. The lowest BCUT2D eigenvalue weighted by Gasteiger charge is -2.21. The van der Waals surface area contributed by atoms with Crippen LogP contribution in [0.5, 0.6) is 0 Å². The smallest absolute Gasteiger partial charge is 0.231 e. The molecule has 0 aliphatic carbocycles. The Morgan fingerprint density at radius 2 is 1.95 bits per heavy atom. The predicted molar refractivity (Wildman–Crippen MR) is 79.7 cm³/mol. The standard InChI is InChI=1S/C15H29N3O2/c1-7-9-16-12(8-2)11(5)15-17-14(18-20-15)13(19-6)10(3)4/h10-13,16H,7-9H2,1-6H3. The monoisotopic (exact) mass is 283 g/mol. The van der Waals surface area contributed by atoms with Gasteiger partial charge < -0.3 is 14.6 Å². The fourth-order valence-corrected chi connectivity index (χ4v) is 2.40. The topological polar surface area (TPSA) is 60.2 Å². The highest BCUT2D eigenvalue weighted by Gasteiger charge is 2.26. The van der Waals surface area contributed by atoms with Crippen molar-refractivity contribution in [2.45, 2.75) is 65.5 Å². The Labute approximate surface area is 122 Å². The molecular formula is C15H29N3O2. The van der Waals surface area contributed by atoms with Gasteiger partial charge in [-0.1, -0.05) is 39.8 Å². The van der Waals surface area contributed by atoms with Crippen molar-refractivity contribution in [3.05, 3.63) is 11.7 Å². The van der Waals surface area contributed by atoms with Gasteiger partial charge in [0.25, 0.3) is 0 Å². The van der Waals surface area contributed by atoms with Crippen molar-refractivity contribution in [1.82, 2.24) is 15.5 Å². The van der Waals surface area contributed by atoms with E-state index in [2.05, 4.69) is 50.1 Å². The molecule has 20 heavy (non-hydrogen) atoms. The van der Waals surface area contributed by atoms with Gasteiger partial charge in [-0.2, -0.15) is 4.98 Å². The number of nitrogens with zero attached hydrogens (tertiary/aromatic N) is 2. The molecule has 1 rings (SSSR count). The van der Waals surface area contributed by atoms with Gasteiger partial charge >= 0.3 is 0 Å². The van der Waals surface area contributed by atoms with Crippen LogP contribution in [-0.4, -0.2) is 29.8 Å². The average molecular weight is 283 g/mol. The summed E-state index contributed by atoms with van der Waals surface area (Å²) < 4.78 is 10.9. The first kappa shape index (κ1) is 17.1. The molecule has 1 N–H and O–H groups in total. The maximum Gasteiger partial charge on any atom is 0.231 e. The third-order valence-corrected chi connectivity index (χ3v) is 3.66. The van der Waals surface area contributed by atoms with Crippen molar-refractivity contribution in [3.63, 3.8) is 0 Å². The van der Waals surface area contributed by atoms with E-state index in [4.69, 9.17) is 9.26 Å². The van der Waals surface area contributed by atoms with E-state index >= 15 is 0 Å². The maximum atomic E-state index is 5.44. The maximum absolute atomic E-state index is 5.44. The van der Waals surface area contributed by atoms with Crippen molar-refractivity contribution < 1.29 is 9.26 Å². The lowest BCUT2D eigenvalue weighted by molar-refractivity contribution is 0.0555. The van der Waals surface area contributed by atoms with E-state index in [1.54, 1.807) is 7.11 Å². The molecule has 116 valence electrons. The Kier molecular flexibility index (Phi) is 7.16. The highest BCUT2D eigenvalue weighted by Crippen LogP contribution is 2.25. The van der Waals surface area contributed by atoms with Gasteiger partial charge in [-0.25, -0.2) is 0 Å². The molecule has 3 unspecified atom stereocenters. The van der Waals surface area contributed by atoms with Crippen LogP contribution >= 0.6 is 0 Å². The van der Waals surface area contributed by atoms with Gasteiger partial charge in [0.05, 0.1) is 5.92 Å². The van der Waals surface area contributed by atoms with Crippen LogP contribution in [0.2, 0.25) is 0 Å². The van der Waals surface area contributed by atoms with Crippen LogP contribution < -0.4 is 5.32 Å². The molecule has 0 radical (unpaired) electrons. The number of aromatic nitrogens is 2. The second-order valence-electron chi connectivity index (χ2n) is 5.65. The SMILES string of the molecule is CCCNC(CC)C(C)c1nc(C(OC)C(C)C)no1. The van der Waals surface area contributed by atoms with Gasteiger partial charge in [-0.15, -0.1) is 0 Å². The van der Waals surface area contributed by atoms with Crippen LogP contribution in [0.1, 0.15) is 71.2 Å². The molecule has 0 aliphatic rings. The van der Waals surface area contributed by atoms with Crippen molar-refractivity contribution in [2.24, 2.45) is 5.92 Å². The number of rotatable bonds is 9. The minimum absolute atomic E-state index is 0.108. The summed E-state index contributed by atoms with van der Waals surface area (Å²) in [4.78, 5) is 4.54. The molecule has 5 heteroatoms. The summed E-state index contributed by atoms with van der Waals surface area (Å²) in [6, 6.07) is 0.364. The number of hydrogen-bond acceptors (Lipinski definition) is 5. The van der Waals surface area contributed by atoms with Crippen LogP contribution in [0.4, 0.5) is 0 Å². The number of hydrogen-bond donors (Lipinski definition) is 1. The highest BCUT2D eigenvalue weighted by atomic mass is 16.5. The number of methoxy groups -OCH3 is 1. The normalized spacial score (nSPS) is 16.4. The van der Waals surface area contributed by atoms with Gasteiger partial charge in [0.15, 0.2) is 0 Å². The fraction of sp³-hybridized carbons (Fsp3) is 0.867. The number of nitrogens with one attached hydrogen (secondary N) is 1. The molecule has 3 atom stereocenters. The first-order valence-electron chi connectivity index (χ1n) is 7.64. The second-order valence-corrected chi connectivity index (χ2v) is 5.65. The Morgan fingerprint density at radius 1 is 1.25 bits per heavy atom. The summed E-state index contributed by atoms with van der Waals surface area (Å²) in [5, 5.41) is 7.62. The summed E-state index contributed by atoms with van der Waals surface area (Å²) >= 11 is 0. The highest BCUT2D eigenvalue weighted by molar-refractivity contribution is 5.00. The Bertz CT molecular complexity index is 379. The van der Waals surface area contributed by atoms with E-state index in [1.165, 1.54) is 0 Å². The molecule has 0 bridgehead atoms. The Hall–Kier alpha value is -0.940. The van der Waals surface area contributed by atoms with Crippen molar-refractivity contribution in [1.29, 1.82) is 0 Å².